The highest BCUT2D eigenvalue weighted by Gasteiger charge is 2.29. The lowest BCUT2D eigenvalue weighted by molar-refractivity contribution is 0.161. The predicted molar refractivity (Wildman–Crippen MR) is 70.6 cm³/mol. The topological polar surface area (TPSA) is 64.3 Å². The molecule has 1 aliphatic carbocycles. The number of nitrogens with zero attached hydrogens (tertiary/aromatic N) is 3. The van der Waals surface area contributed by atoms with E-state index in [-0.39, 0.29) is 0 Å². The van der Waals surface area contributed by atoms with Gasteiger partial charge in [0.2, 0.25) is 0 Å². The van der Waals surface area contributed by atoms with Crippen LogP contribution in [0.25, 0.3) is 0 Å². The molecule has 1 unspecified atom stereocenters. The van der Waals surface area contributed by atoms with E-state index in [0.29, 0.717) is 17.7 Å². The third-order valence-corrected chi connectivity index (χ3v) is 3.70. The molecule has 5 heteroatoms. The van der Waals surface area contributed by atoms with Crippen molar-refractivity contribution in [3.05, 3.63) is 11.9 Å². The molecule has 1 saturated heterocycles. The van der Waals surface area contributed by atoms with Gasteiger partial charge in [0, 0.05) is 38.1 Å². The summed E-state index contributed by atoms with van der Waals surface area (Å²) in [6, 6.07) is 1.89. The predicted octanol–water partition coefficient (Wildman–Crippen LogP) is 1.41. The Morgan fingerprint density at radius 3 is 2.94 bits per heavy atom. The molecule has 2 N–H and O–H groups in total. The highest BCUT2D eigenvalue weighted by atomic mass is 16.5. The van der Waals surface area contributed by atoms with Crippen LogP contribution in [0.15, 0.2) is 6.07 Å². The molecular weight excluding hydrogens is 228 g/mol. The SMILES string of the molecule is COCC1CCN(c2cc(N)nc(C3CC3)n2)C1. The summed E-state index contributed by atoms with van der Waals surface area (Å²) in [4.78, 5) is 11.3. The molecule has 0 amide bonds. The number of ether oxygens (including phenoxy) is 1. The summed E-state index contributed by atoms with van der Waals surface area (Å²) >= 11 is 0. The summed E-state index contributed by atoms with van der Waals surface area (Å²) in [6.45, 7) is 2.87. The minimum absolute atomic E-state index is 0.546. The Morgan fingerprint density at radius 1 is 1.39 bits per heavy atom. The van der Waals surface area contributed by atoms with E-state index in [1.165, 1.54) is 12.8 Å². The molecular formula is C13H20N4O. The highest BCUT2D eigenvalue weighted by molar-refractivity contribution is 5.48. The van der Waals surface area contributed by atoms with Crippen molar-refractivity contribution in [3.63, 3.8) is 0 Å². The fourth-order valence-corrected chi connectivity index (χ4v) is 2.57. The smallest absolute Gasteiger partial charge is 0.136 e. The van der Waals surface area contributed by atoms with Gasteiger partial charge in [-0.05, 0) is 19.3 Å². The molecule has 98 valence electrons. The van der Waals surface area contributed by atoms with Gasteiger partial charge in [-0.2, -0.15) is 0 Å². The highest BCUT2D eigenvalue weighted by Crippen LogP contribution is 2.39. The first-order valence-electron chi connectivity index (χ1n) is 6.64. The summed E-state index contributed by atoms with van der Waals surface area (Å²) in [7, 11) is 1.76. The Labute approximate surface area is 107 Å². The molecule has 1 aromatic rings. The van der Waals surface area contributed by atoms with Gasteiger partial charge in [-0.15, -0.1) is 0 Å². The van der Waals surface area contributed by atoms with Gasteiger partial charge in [0.1, 0.15) is 17.5 Å². The number of methoxy groups -OCH3 is 1. The monoisotopic (exact) mass is 248 g/mol. The molecule has 2 heterocycles. The lowest BCUT2D eigenvalue weighted by Crippen LogP contribution is -2.22. The van der Waals surface area contributed by atoms with E-state index in [4.69, 9.17) is 10.5 Å². The van der Waals surface area contributed by atoms with Crippen LogP contribution in [0.3, 0.4) is 0 Å². The Balaban J connectivity index is 1.75. The maximum atomic E-state index is 5.88. The van der Waals surface area contributed by atoms with Crippen LogP contribution >= 0.6 is 0 Å². The molecule has 1 saturated carbocycles. The molecule has 5 nitrogen and oxygen atoms in total. The van der Waals surface area contributed by atoms with Gasteiger partial charge in [0.25, 0.3) is 0 Å². The number of hydrogen-bond donors (Lipinski definition) is 1. The van der Waals surface area contributed by atoms with Gasteiger partial charge in [-0.1, -0.05) is 0 Å². The van der Waals surface area contributed by atoms with Crippen molar-refractivity contribution in [2.24, 2.45) is 5.92 Å². The van der Waals surface area contributed by atoms with Crippen LogP contribution < -0.4 is 10.6 Å². The van der Waals surface area contributed by atoms with E-state index in [9.17, 15) is 0 Å². The second kappa shape index (κ2) is 4.72. The van der Waals surface area contributed by atoms with E-state index in [1.54, 1.807) is 7.11 Å². The molecule has 18 heavy (non-hydrogen) atoms. The van der Waals surface area contributed by atoms with Gasteiger partial charge < -0.3 is 15.4 Å². The quantitative estimate of drug-likeness (QED) is 0.872. The van der Waals surface area contributed by atoms with Crippen molar-refractivity contribution in [1.82, 2.24) is 9.97 Å². The largest absolute Gasteiger partial charge is 0.384 e. The Hall–Kier alpha value is -1.36. The average Bonchev–Trinajstić information content (AvgIpc) is 3.10. The first-order valence-corrected chi connectivity index (χ1v) is 6.64. The van der Waals surface area contributed by atoms with E-state index >= 15 is 0 Å². The standard InChI is InChI=1S/C13H20N4O/c1-18-8-9-4-5-17(7-9)12-6-11(14)15-13(16-12)10-2-3-10/h6,9-10H,2-5,7-8H2,1H3,(H2,14,15,16). The van der Waals surface area contributed by atoms with Crippen molar-refractivity contribution < 1.29 is 4.74 Å². The molecule has 1 atom stereocenters. The first-order chi connectivity index (χ1) is 8.76. The molecule has 0 aromatic carbocycles. The second-order valence-corrected chi connectivity index (χ2v) is 5.34. The third kappa shape index (κ3) is 2.41. The van der Waals surface area contributed by atoms with Crippen LogP contribution in [0, 0.1) is 5.92 Å². The van der Waals surface area contributed by atoms with E-state index in [2.05, 4.69) is 14.9 Å². The number of nitrogen functional groups attached to an aromatic ring is 1. The normalized spacial score (nSPS) is 23.6. The van der Waals surface area contributed by atoms with Crippen LogP contribution in [-0.4, -0.2) is 36.8 Å². The van der Waals surface area contributed by atoms with Crippen LogP contribution in [-0.2, 0) is 4.74 Å². The lowest BCUT2D eigenvalue weighted by atomic mass is 10.1. The van der Waals surface area contributed by atoms with Gasteiger partial charge in [0.05, 0.1) is 6.61 Å². The van der Waals surface area contributed by atoms with Crippen molar-refractivity contribution in [3.8, 4) is 0 Å². The summed E-state index contributed by atoms with van der Waals surface area (Å²) in [5.41, 5.74) is 5.88. The molecule has 2 aliphatic rings. The summed E-state index contributed by atoms with van der Waals surface area (Å²) < 4.78 is 5.22. The maximum absolute atomic E-state index is 5.88. The van der Waals surface area contributed by atoms with Crippen molar-refractivity contribution in [2.45, 2.75) is 25.2 Å². The fourth-order valence-electron chi connectivity index (χ4n) is 2.57. The first kappa shape index (κ1) is 11.7. The maximum Gasteiger partial charge on any atom is 0.136 e. The zero-order valence-corrected chi connectivity index (χ0v) is 10.8. The van der Waals surface area contributed by atoms with Gasteiger partial charge in [0.15, 0.2) is 0 Å². The molecule has 0 spiro atoms. The van der Waals surface area contributed by atoms with Crippen molar-refractivity contribution in [1.29, 1.82) is 0 Å². The molecule has 0 bridgehead atoms. The summed E-state index contributed by atoms with van der Waals surface area (Å²) in [5.74, 6) is 3.67. The van der Waals surface area contributed by atoms with Crippen LogP contribution in [0.2, 0.25) is 0 Å². The molecule has 2 fully saturated rings. The van der Waals surface area contributed by atoms with Crippen molar-refractivity contribution in [2.75, 3.05) is 37.4 Å². The average molecular weight is 248 g/mol. The van der Waals surface area contributed by atoms with Gasteiger partial charge >= 0.3 is 0 Å². The van der Waals surface area contributed by atoms with E-state index in [0.717, 1.165) is 37.8 Å². The number of hydrogen-bond acceptors (Lipinski definition) is 5. The zero-order chi connectivity index (χ0) is 12.5. The zero-order valence-electron chi connectivity index (χ0n) is 10.8. The van der Waals surface area contributed by atoms with Crippen LogP contribution in [0.1, 0.15) is 31.0 Å². The molecule has 1 aromatic heterocycles. The van der Waals surface area contributed by atoms with Gasteiger partial charge in [-0.25, -0.2) is 9.97 Å². The van der Waals surface area contributed by atoms with Crippen LogP contribution in [0.4, 0.5) is 11.6 Å². The number of rotatable bonds is 4. The second-order valence-electron chi connectivity index (χ2n) is 5.34. The van der Waals surface area contributed by atoms with E-state index < -0.39 is 0 Å². The summed E-state index contributed by atoms with van der Waals surface area (Å²) in [6.07, 6.45) is 3.57. The van der Waals surface area contributed by atoms with E-state index in [1.807, 2.05) is 6.07 Å². The minimum atomic E-state index is 0.546. The fraction of sp³-hybridized carbons (Fsp3) is 0.692. The van der Waals surface area contributed by atoms with Gasteiger partial charge in [-0.3, -0.25) is 0 Å². The Morgan fingerprint density at radius 2 is 2.22 bits per heavy atom. The third-order valence-electron chi connectivity index (χ3n) is 3.70. The molecule has 0 radical (unpaired) electrons. The van der Waals surface area contributed by atoms with Crippen LogP contribution in [0.5, 0.6) is 0 Å². The lowest BCUT2D eigenvalue weighted by Gasteiger charge is -2.18. The minimum Gasteiger partial charge on any atom is -0.384 e. The number of aromatic nitrogens is 2. The molecule has 3 rings (SSSR count). The number of nitrogens with two attached hydrogens (primary N) is 1. The summed E-state index contributed by atoms with van der Waals surface area (Å²) in [5, 5.41) is 0. The Bertz CT molecular complexity index is 433. The van der Waals surface area contributed by atoms with Crippen molar-refractivity contribution >= 4 is 11.6 Å². The Kier molecular flexibility index (Phi) is 3.07. The number of anilines is 2. The molecule has 1 aliphatic heterocycles.